The van der Waals surface area contributed by atoms with E-state index in [4.69, 9.17) is 4.74 Å². The van der Waals surface area contributed by atoms with E-state index in [1.54, 1.807) is 37.3 Å². The van der Waals surface area contributed by atoms with Crippen LogP contribution in [0.15, 0.2) is 41.8 Å². The second-order valence-corrected chi connectivity index (χ2v) is 6.04. The van der Waals surface area contributed by atoms with Crippen LogP contribution in [0.1, 0.15) is 11.8 Å². The lowest BCUT2D eigenvalue weighted by Crippen LogP contribution is -2.43. The van der Waals surface area contributed by atoms with Crippen molar-refractivity contribution in [1.29, 1.82) is 0 Å². The molecule has 1 heterocycles. The minimum atomic E-state index is -1.23. The topological polar surface area (TPSA) is 87.7 Å². The van der Waals surface area contributed by atoms with E-state index >= 15 is 0 Å². The van der Waals surface area contributed by atoms with Crippen LogP contribution < -0.4 is 15.4 Å². The quantitative estimate of drug-likeness (QED) is 0.727. The predicted octanol–water partition coefficient (Wildman–Crippen LogP) is 1.72. The molecule has 3 N–H and O–H groups in total. The fraction of sp³-hybridized carbons (Fsp3) is 0.250. The van der Waals surface area contributed by atoms with Crippen molar-refractivity contribution in [2.24, 2.45) is 0 Å². The molecule has 0 radical (unpaired) electrons. The summed E-state index contributed by atoms with van der Waals surface area (Å²) in [6.07, 6.45) is 0. The van der Waals surface area contributed by atoms with Gasteiger partial charge in [-0.1, -0.05) is 18.2 Å². The monoisotopic (exact) mass is 334 g/mol. The second-order valence-electron chi connectivity index (χ2n) is 5.09. The number of carbonyl (C=O) groups excluding carboxylic acids is 2. The molecule has 0 aliphatic carbocycles. The van der Waals surface area contributed by atoms with Gasteiger partial charge in [0.1, 0.15) is 11.4 Å². The maximum atomic E-state index is 11.9. The Morgan fingerprint density at radius 3 is 2.61 bits per heavy atom. The standard InChI is InChI=1S/C16H18N2O4S/c1-16(21,13-8-5-9-23-13)10-17-14(19)15(20)18-11-6-3-4-7-12(11)22-2/h3-9,21H,10H2,1-2H3,(H,17,19)(H,18,20). The van der Waals surface area contributed by atoms with Crippen molar-refractivity contribution < 1.29 is 19.4 Å². The number of aliphatic hydroxyl groups is 1. The Labute approximate surface area is 138 Å². The predicted molar refractivity (Wildman–Crippen MR) is 88.5 cm³/mol. The van der Waals surface area contributed by atoms with Crippen LogP contribution in [0.3, 0.4) is 0 Å². The van der Waals surface area contributed by atoms with Crippen molar-refractivity contribution in [3.05, 3.63) is 46.7 Å². The first kappa shape index (κ1) is 17.0. The van der Waals surface area contributed by atoms with Crippen LogP contribution in [0, 0.1) is 0 Å². The molecule has 6 nitrogen and oxygen atoms in total. The molecule has 1 unspecified atom stereocenters. The zero-order valence-corrected chi connectivity index (χ0v) is 13.6. The SMILES string of the molecule is COc1ccccc1NC(=O)C(=O)NCC(C)(O)c1cccs1. The van der Waals surface area contributed by atoms with E-state index in [-0.39, 0.29) is 6.54 Å². The van der Waals surface area contributed by atoms with Gasteiger partial charge in [-0.15, -0.1) is 11.3 Å². The number of methoxy groups -OCH3 is 1. The van der Waals surface area contributed by atoms with Gasteiger partial charge in [0.25, 0.3) is 0 Å². The molecule has 0 saturated carbocycles. The molecular weight excluding hydrogens is 316 g/mol. The van der Waals surface area contributed by atoms with E-state index < -0.39 is 17.4 Å². The Kier molecular flexibility index (Phi) is 5.36. The molecule has 2 rings (SSSR count). The summed E-state index contributed by atoms with van der Waals surface area (Å²) < 4.78 is 5.10. The van der Waals surface area contributed by atoms with Gasteiger partial charge < -0.3 is 20.5 Å². The normalized spacial score (nSPS) is 13.0. The summed E-state index contributed by atoms with van der Waals surface area (Å²) in [5, 5.41) is 17.1. The molecule has 1 aromatic heterocycles. The zero-order valence-electron chi connectivity index (χ0n) is 12.8. The number of amides is 2. The first-order valence-electron chi connectivity index (χ1n) is 6.92. The van der Waals surface area contributed by atoms with Crippen molar-refractivity contribution in [2.75, 3.05) is 19.0 Å². The molecule has 122 valence electrons. The summed E-state index contributed by atoms with van der Waals surface area (Å²) in [5.74, 6) is -1.19. The number of para-hydroxylation sites is 2. The molecule has 7 heteroatoms. The highest BCUT2D eigenvalue weighted by atomic mass is 32.1. The Hall–Kier alpha value is -2.38. The number of hydrogen-bond donors (Lipinski definition) is 3. The van der Waals surface area contributed by atoms with Gasteiger partial charge in [-0.2, -0.15) is 0 Å². The van der Waals surface area contributed by atoms with Crippen LogP contribution in [-0.2, 0) is 15.2 Å². The number of nitrogens with one attached hydrogen (secondary N) is 2. The lowest BCUT2D eigenvalue weighted by Gasteiger charge is -2.22. The van der Waals surface area contributed by atoms with Crippen LogP contribution in [0.5, 0.6) is 5.75 Å². The number of hydrogen-bond acceptors (Lipinski definition) is 5. The fourth-order valence-electron chi connectivity index (χ4n) is 1.93. The summed E-state index contributed by atoms with van der Waals surface area (Å²) in [6.45, 7) is 1.52. The molecule has 0 fully saturated rings. The third-order valence-corrected chi connectivity index (χ3v) is 4.33. The lowest BCUT2D eigenvalue weighted by molar-refractivity contribution is -0.136. The highest BCUT2D eigenvalue weighted by Crippen LogP contribution is 2.25. The molecule has 2 aromatic rings. The maximum absolute atomic E-state index is 11.9. The van der Waals surface area contributed by atoms with Crippen molar-refractivity contribution in [3.63, 3.8) is 0 Å². The van der Waals surface area contributed by atoms with Gasteiger partial charge in [0.2, 0.25) is 0 Å². The summed E-state index contributed by atoms with van der Waals surface area (Å²) in [4.78, 5) is 24.5. The molecule has 1 aromatic carbocycles. The lowest BCUT2D eigenvalue weighted by atomic mass is 10.1. The van der Waals surface area contributed by atoms with Crippen molar-refractivity contribution in [3.8, 4) is 5.75 Å². The van der Waals surface area contributed by atoms with Gasteiger partial charge in [-0.05, 0) is 30.5 Å². The zero-order chi connectivity index (χ0) is 16.9. The molecule has 0 spiro atoms. The molecule has 0 aliphatic rings. The van der Waals surface area contributed by atoms with Crippen LogP contribution in [0.25, 0.3) is 0 Å². The van der Waals surface area contributed by atoms with Gasteiger partial charge in [0.15, 0.2) is 0 Å². The van der Waals surface area contributed by atoms with Crippen LogP contribution >= 0.6 is 11.3 Å². The van der Waals surface area contributed by atoms with Crippen LogP contribution in [-0.4, -0.2) is 30.6 Å². The molecule has 0 bridgehead atoms. The maximum Gasteiger partial charge on any atom is 0.313 e. The molecule has 0 saturated heterocycles. The first-order valence-corrected chi connectivity index (χ1v) is 7.80. The first-order chi connectivity index (χ1) is 10.9. The minimum absolute atomic E-state index is 0.0638. The Bertz CT molecular complexity index is 683. The average Bonchev–Trinajstić information content (AvgIpc) is 3.08. The second kappa shape index (κ2) is 7.26. The Morgan fingerprint density at radius 1 is 1.22 bits per heavy atom. The fourth-order valence-corrected chi connectivity index (χ4v) is 2.72. The molecule has 23 heavy (non-hydrogen) atoms. The average molecular weight is 334 g/mol. The smallest absolute Gasteiger partial charge is 0.313 e. The summed E-state index contributed by atoms with van der Waals surface area (Å²) >= 11 is 1.38. The van der Waals surface area contributed by atoms with E-state index in [1.807, 2.05) is 11.4 Å². The van der Waals surface area contributed by atoms with Gasteiger partial charge in [0.05, 0.1) is 19.3 Å². The number of benzene rings is 1. The minimum Gasteiger partial charge on any atom is -0.495 e. The van der Waals surface area contributed by atoms with E-state index in [1.165, 1.54) is 18.4 Å². The number of carbonyl (C=O) groups is 2. The highest BCUT2D eigenvalue weighted by molar-refractivity contribution is 7.10. The van der Waals surface area contributed by atoms with Gasteiger partial charge >= 0.3 is 11.8 Å². The number of thiophene rings is 1. The van der Waals surface area contributed by atoms with Crippen LogP contribution in [0.4, 0.5) is 5.69 Å². The van der Waals surface area contributed by atoms with E-state index in [0.29, 0.717) is 16.3 Å². The summed E-state index contributed by atoms with van der Waals surface area (Å²) in [6, 6.07) is 10.4. The van der Waals surface area contributed by atoms with Crippen molar-refractivity contribution in [1.82, 2.24) is 5.32 Å². The van der Waals surface area contributed by atoms with Crippen LogP contribution in [0.2, 0.25) is 0 Å². The largest absolute Gasteiger partial charge is 0.495 e. The third-order valence-electron chi connectivity index (χ3n) is 3.21. The van der Waals surface area contributed by atoms with Gasteiger partial charge in [-0.25, -0.2) is 0 Å². The van der Waals surface area contributed by atoms with E-state index in [0.717, 1.165) is 0 Å². The molecule has 1 atom stereocenters. The number of anilines is 1. The van der Waals surface area contributed by atoms with E-state index in [9.17, 15) is 14.7 Å². The molecule has 0 aliphatic heterocycles. The van der Waals surface area contributed by atoms with Crippen molar-refractivity contribution in [2.45, 2.75) is 12.5 Å². The third kappa shape index (κ3) is 4.30. The molecule has 2 amide bonds. The Balaban J connectivity index is 1.94. The van der Waals surface area contributed by atoms with Gasteiger partial charge in [-0.3, -0.25) is 9.59 Å². The Morgan fingerprint density at radius 2 is 1.96 bits per heavy atom. The van der Waals surface area contributed by atoms with E-state index in [2.05, 4.69) is 10.6 Å². The highest BCUT2D eigenvalue weighted by Gasteiger charge is 2.26. The van der Waals surface area contributed by atoms with Crippen molar-refractivity contribution >= 4 is 28.8 Å². The number of rotatable bonds is 5. The molecular formula is C16H18N2O4S. The van der Waals surface area contributed by atoms with Gasteiger partial charge in [0, 0.05) is 4.88 Å². The summed E-state index contributed by atoms with van der Waals surface area (Å²) in [5.41, 5.74) is -0.825. The summed E-state index contributed by atoms with van der Waals surface area (Å²) in [7, 11) is 1.48. The number of ether oxygens (including phenoxy) is 1.